The fourth-order valence-corrected chi connectivity index (χ4v) is 3.61. The summed E-state index contributed by atoms with van der Waals surface area (Å²) in [5, 5.41) is 9.39. The average Bonchev–Trinajstić information content (AvgIpc) is 3.43. The first-order chi connectivity index (χ1) is 12.4. The van der Waals surface area contributed by atoms with Crippen LogP contribution in [0.4, 0.5) is 5.69 Å². The molecule has 1 saturated carbocycles. The van der Waals surface area contributed by atoms with Gasteiger partial charge >= 0.3 is 5.97 Å². The number of fused-ring (bicyclic) bond motifs is 1. The highest BCUT2D eigenvalue weighted by molar-refractivity contribution is 5.89. The van der Waals surface area contributed by atoms with Crippen molar-refractivity contribution in [1.82, 2.24) is 4.40 Å². The highest BCUT2D eigenvalue weighted by Gasteiger charge is 2.29. The van der Waals surface area contributed by atoms with E-state index < -0.39 is 11.5 Å². The van der Waals surface area contributed by atoms with Gasteiger partial charge in [-0.3, -0.25) is 9.20 Å². The second kappa shape index (κ2) is 5.73. The molecule has 1 aliphatic rings. The molecule has 1 fully saturated rings. The van der Waals surface area contributed by atoms with Crippen LogP contribution in [0.3, 0.4) is 0 Å². The molecule has 0 aliphatic heterocycles. The van der Waals surface area contributed by atoms with E-state index >= 15 is 0 Å². The van der Waals surface area contributed by atoms with Gasteiger partial charge in [-0.05, 0) is 84.7 Å². The summed E-state index contributed by atoms with van der Waals surface area (Å²) in [5.41, 5.74) is 11.8. The molecule has 0 bridgehead atoms. The number of nitrogens with zero attached hydrogens (tertiary/aromatic N) is 1. The Morgan fingerprint density at radius 1 is 1.19 bits per heavy atom. The molecule has 0 atom stereocenters. The summed E-state index contributed by atoms with van der Waals surface area (Å²) in [6.45, 7) is 3.95. The van der Waals surface area contributed by atoms with Gasteiger partial charge in [-0.1, -0.05) is 6.07 Å². The predicted molar refractivity (Wildman–Crippen MR) is 102 cm³/mol. The molecule has 2 heterocycles. The van der Waals surface area contributed by atoms with Crippen molar-refractivity contribution in [3.05, 3.63) is 69.1 Å². The predicted octanol–water partition coefficient (Wildman–Crippen LogP) is 3.74. The number of carboxylic acid groups (broad SMARTS) is 1. The first-order valence-electron chi connectivity index (χ1n) is 8.67. The Kier molecular flexibility index (Phi) is 3.61. The second-order valence-corrected chi connectivity index (χ2v) is 7.04. The summed E-state index contributed by atoms with van der Waals surface area (Å²) in [4.78, 5) is 24.1. The van der Waals surface area contributed by atoms with Gasteiger partial charge in [0, 0.05) is 11.9 Å². The minimum Gasteiger partial charge on any atom is -0.477 e. The van der Waals surface area contributed by atoms with E-state index in [0.29, 0.717) is 5.92 Å². The molecule has 3 aromatic rings. The largest absolute Gasteiger partial charge is 0.477 e. The molecule has 3 N–H and O–H groups in total. The fourth-order valence-electron chi connectivity index (χ4n) is 3.61. The van der Waals surface area contributed by atoms with Crippen LogP contribution in [0.1, 0.15) is 45.8 Å². The molecule has 0 radical (unpaired) electrons. The molecule has 5 nitrogen and oxygen atoms in total. The van der Waals surface area contributed by atoms with Gasteiger partial charge in [0.15, 0.2) is 0 Å². The topological polar surface area (TPSA) is 84.8 Å². The molecule has 4 rings (SSSR count). The maximum atomic E-state index is 12.6. The van der Waals surface area contributed by atoms with Crippen molar-refractivity contribution in [1.29, 1.82) is 0 Å². The van der Waals surface area contributed by atoms with Crippen molar-refractivity contribution in [3.8, 4) is 11.1 Å². The van der Waals surface area contributed by atoms with Crippen molar-refractivity contribution < 1.29 is 9.90 Å². The fraction of sp³-hybridized carbons (Fsp3) is 0.238. The van der Waals surface area contributed by atoms with Crippen LogP contribution < -0.4 is 11.3 Å². The van der Waals surface area contributed by atoms with Crippen molar-refractivity contribution in [2.45, 2.75) is 32.6 Å². The van der Waals surface area contributed by atoms with Crippen molar-refractivity contribution in [2.75, 3.05) is 5.73 Å². The molecule has 1 aromatic carbocycles. The Morgan fingerprint density at radius 3 is 2.54 bits per heavy atom. The number of hydrogen-bond donors (Lipinski definition) is 2. The first-order valence-corrected chi connectivity index (χ1v) is 8.67. The molecule has 132 valence electrons. The third-order valence-electron chi connectivity index (χ3n) is 5.24. The monoisotopic (exact) mass is 348 g/mol. The zero-order valence-electron chi connectivity index (χ0n) is 14.7. The summed E-state index contributed by atoms with van der Waals surface area (Å²) >= 11 is 0. The van der Waals surface area contributed by atoms with Crippen LogP contribution >= 0.6 is 0 Å². The van der Waals surface area contributed by atoms with Gasteiger partial charge < -0.3 is 10.8 Å². The summed E-state index contributed by atoms with van der Waals surface area (Å²) in [5.74, 6) is -0.854. The maximum absolute atomic E-state index is 12.6. The Morgan fingerprint density at radius 2 is 1.92 bits per heavy atom. The van der Waals surface area contributed by atoms with Crippen LogP contribution in [0.5, 0.6) is 0 Å². The zero-order chi connectivity index (χ0) is 18.6. The number of hydrogen-bond acceptors (Lipinski definition) is 3. The lowest BCUT2D eigenvalue weighted by molar-refractivity contribution is 0.0694. The van der Waals surface area contributed by atoms with E-state index in [9.17, 15) is 14.7 Å². The number of nitrogens with two attached hydrogens (primary N) is 1. The average molecular weight is 348 g/mol. The number of carbonyl (C=O) groups is 1. The lowest BCUT2D eigenvalue weighted by atomic mass is 9.95. The number of pyridine rings is 2. The Hall–Kier alpha value is -3.08. The first kappa shape index (κ1) is 16.4. The van der Waals surface area contributed by atoms with Crippen LogP contribution in [-0.2, 0) is 0 Å². The van der Waals surface area contributed by atoms with Crippen LogP contribution in [0, 0.1) is 13.8 Å². The number of aromatic carboxylic acids is 1. The Balaban J connectivity index is 2.05. The smallest absolute Gasteiger partial charge is 0.341 e. The van der Waals surface area contributed by atoms with Gasteiger partial charge in [0.2, 0.25) is 0 Å². The number of aromatic nitrogens is 1. The van der Waals surface area contributed by atoms with E-state index in [-0.39, 0.29) is 5.56 Å². The third-order valence-corrected chi connectivity index (χ3v) is 5.24. The van der Waals surface area contributed by atoms with E-state index in [4.69, 9.17) is 5.73 Å². The molecule has 1 aliphatic carbocycles. The molecule has 0 unspecified atom stereocenters. The van der Waals surface area contributed by atoms with Gasteiger partial charge in [0.1, 0.15) is 5.56 Å². The quantitative estimate of drug-likeness (QED) is 0.706. The van der Waals surface area contributed by atoms with Crippen LogP contribution in [0.2, 0.25) is 0 Å². The van der Waals surface area contributed by atoms with Crippen LogP contribution in [0.25, 0.3) is 16.6 Å². The van der Waals surface area contributed by atoms with Crippen LogP contribution in [0.15, 0.2) is 41.3 Å². The lowest BCUT2D eigenvalue weighted by Crippen LogP contribution is -2.23. The van der Waals surface area contributed by atoms with Gasteiger partial charge in [0.25, 0.3) is 5.56 Å². The molecular weight excluding hydrogens is 328 g/mol. The highest BCUT2D eigenvalue weighted by atomic mass is 16.4. The standard InChI is InChI=1S/C21H20N2O3/c1-11-9-14(5-6-18(11)22)15-7-8-23-19(12(15)2)16(13-3-4-13)10-17(20(23)24)21(25)26/h5-10,13H,3-4,22H2,1-2H3,(H,25,26). The van der Waals surface area contributed by atoms with E-state index in [1.807, 2.05) is 38.1 Å². The molecule has 5 heteroatoms. The SMILES string of the molecule is Cc1cc(-c2ccn3c(=O)c(C(=O)O)cc(C4CC4)c3c2C)ccc1N. The zero-order valence-corrected chi connectivity index (χ0v) is 14.7. The highest BCUT2D eigenvalue weighted by Crippen LogP contribution is 2.43. The number of nitrogen functional groups attached to an aromatic ring is 1. The van der Waals surface area contributed by atoms with Crippen molar-refractivity contribution in [2.24, 2.45) is 0 Å². The number of rotatable bonds is 3. The molecule has 0 spiro atoms. The molecule has 0 saturated heterocycles. The number of aryl methyl sites for hydroxylation is 2. The minimum absolute atomic E-state index is 0.167. The minimum atomic E-state index is -1.18. The van der Waals surface area contributed by atoms with Crippen molar-refractivity contribution in [3.63, 3.8) is 0 Å². The Bertz CT molecular complexity index is 1120. The van der Waals surface area contributed by atoms with E-state index in [1.165, 1.54) is 4.40 Å². The lowest BCUT2D eigenvalue weighted by Gasteiger charge is -2.16. The number of anilines is 1. The number of carboxylic acids is 1. The molecule has 0 amide bonds. The third kappa shape index (κ3) is 2.47. The summed E-state index contributed by atoms with van der Waals surface area (Å²) < 4.78 is 1.49. The van der Waals surface area contributed by atoms with E-state index in [1.54, 1.807) is 12.3 Å². The molecule has 26 heavy (non-hydrogen) atoms. The second-order valence-electron chi connectivity index (χ2n) is 7.04. The van der Waals surface area contributed by atoms with E-state index in [0.717, 1.165) is 51.9 Å². The molecular formula is C21H20N2O3. The number of benzene rings is 1. The summed E-state index contributed by atoms with van der Waals surface area (Å²) in [6, 6.07) is 9.34. The van der Waals surface area contributed by atoms with Gasteiger partial charge in [-0.15, -0.1) is 0 Å². The van der Waals surface area contributed by atoms with Gasteiger partial charge in [0.05, 0.1) is 5.52 Å². The maximum Gasteiger partial charge on any atom is 0.341 e. The molecule has 2 aromatic heterocycles. The van der Waals surface area contributed by atoms with Crippen LogP contribution in [-0.4, -0.2) is 15.5 Å². The van der Waals surface area contributed by atoms with Gasteiger partial charge in [-0.2, -0.15) is 0 Å². The van der Waals surface area contributed by atoms with E-state index in [2.05, 4.69) is 0 Å². The Labute approximate surface area is 150 Å². The summed E-state index contributed by atoms with van der Waals surface area (Å²) in [7, 11) is 0. The van der Waals surface area contributed by atoms with Crippen molar-refractivity contribution >= 4 is 17.2 Å². The van der Waals surface area contributed by atoms with Gasteiger partial charge in [-0.25, -0.2) is 4.79 Å². The normalized spacial score (nSPS) is 13.9. The summed E-state index contributed by atoms with van der Waals surface area (Å²) in [6.07, 6.45) is 3.74.